The maximum atomic E-state index is 13.1. The second-order valence-electron chi connectivity index (χ2n) is 5.89. The van der Waals surface area contributed by atoms with E-state index in [-0.39, 0.29) is 5.82 Å². The molecule has 0 aliphatic heterocycles. The molecule has 0 saturated heterocycles. The lowest BCUT2D eigenvalue weighted by Crippen LogP contribution is -2.30. The second-order valence-corrected chi connectivity index (χ2v) is 6.93. The molecule has 0 spiro atoms. The van der Waals surface area contributed by atoms with Crippen molar-refractivity contribution < 1.29 is 22.4 Å². The Labute approximate surface area is 150 Å². The van der Waals surface area contributed by atoms with E-state index in [4.69, 9.17) is 0 Å². The van der Waals surface area contributed by atoms with Crippen LogP contribution < -0.4 is 0 Å². The quantitative estimate of drug-likeness (QED) is 0.618. The van der Waals surface area contributed by atoms with E-state index in [2.05, 4.69) is 5.10 Å². The van der Waals surface area contributed by atoms with Crippen molar-refractivity contribution in [1.82, 2.24) is 14.7 Å². The summed E-state index contributed by atoms with van der Waals surface area (Å²) in [6.07, 6.45) is -5.36. The molecule has 0 bridgehead atoms. The first kappa shape index (κ1) is 18.4. The number of nitrogens with zero attached hydrogens (tertiary/aromatic N) is 3. The first-order valence-electron chi connectivity index (χ1n) is 7.73. The molecule has 0 aliphatic carbocycles. The summed E-state index contributed by atoms with van der Waals surface area (Å²) < 4.78 is 51.8. The zero-order valence-corrected chi connectivity index (χ0v) is 14.8. The first-order valence-corrected chi connectivity index (χ1v) is 8.54. The third kappa shape index (κ3) is 3.72. The molecule has 3 rings (SSSR count). The molecule has 0 radical (unpaired) electrons. The molecular weight excluding hydrogens is 370 g/mol. The third-order valence-corrected chi connectivity index (χ3v) is 5.00. The predicted molar refractivity (Wildman–Crippen MR) is 91.3 cm³/mol. The minimum absolute atomic E-state index is 0.334. The average Bonchev–Trinajstić information content (AvgIpc) is 3.13. The second kappa shape index (κ2) is 6.71. The number of alkyl halides is 3. The SMILES string of the molecule is Cc1nn(-c2ccc(F)cc2)c2sc(C(=O)N(C)CCC(F)(F)F)cc12. The maximum Gasteiger partial charge on any atom is 0.390 e. The molecule has 3 aromatic rings. The number of aryl methyl sites for hydroxylation is 1. The number of benzene rings is 1. The summed E-state index contributed by atoms with van der Waals surface area (Å²) in [6.45, 7) is 1.37. The van der Waals surface area contributed by atoms with Crippen LogP contribution in [-0.2, 0) is 0 Å². The predicted octanol–water partition coefficient (Wildman–Crippen LogP) is 4.56. The van der Waals surface area contributed by atoms with Crippen molar-refractivity contribution >= 4 is 27.5 Å². The van der Waals surface area contributed by atoms with Gasteiger partial charge in [-0.25, -0.2) is 9.07 Å². The molecular formula is C17H15F4N3OS. The van der Waals surface area contributed by atoms with E-state index in [9.17, 15) is 22.4 Å². The summed E-state index contributed by atoms with van der Waals surface area (Å²) in [6, 6.07) is 7.38. The Kier molecular flexibility index (Phi) is 4.74. The van der Waals surface area contributed by atoms with Gasteiger partial charge in [0.05, 0.1) is 22.7 Å². The number of hydrogen-bond donors (Lipinski definition) is 0. The summed E-state index contributed by atoms with van der Waals surface area (Å²) in [5.41, 5.74) is 1.31. The van der Waals surface area contributed by atoms with Crippen LogP contribution in [0.15, 0.2) is 30.3 Å². The Morgan fingerprint density at radius 2 is 1.92 bits per heavy atom. The molecule has 0 N–H and O–H groups in total. The molecule has 0 fully saturated rings. The van der Waals surface area contributed by atoms with Crippen LogP contribution in [0.3, 0.4) is 0 Å². The Hall–Kier alpha value is -2.42. The minimum Gasteiger partial charge on any atom is -0.341 e. The average molecular weight is 385 g/mol. The van der Waals surface area contributed by atoms with Crippen molar-refractivity contribution in [2.75, 3.05) is 13.6 Å². The van der Waals surface area contributed by atoms with E-state index >= 15 is 0 Å². The lowest BCUT2D eigenvalue weighted by atomic mass is 10.3. The molecule has 2 heterocycles. The number of hydrogen-bond acceptors (Lipinski definition) is 3. The van der Waals surface area contributed by atoms with Gasteiger partial charge in [0, 0.05) is 19.0 Å². The van der Waals surface area contributed by atoms with Gasteiger partial charge in [-0.3, -0.25) is 4.79 Å². The largest absolute Gasteiger partial charge is 0.390 e. The molecule has 4 nitrogen and oxygen atoms in total. The van der Waals surface area contributed by atoms with Crippen LogP contribution in [-0.4, -0.2) is 40.4 Å². The number of aromatic nitrogens is 2. The standard InChI is InChI=1S/C17H15F4N3OS/c1-10-13-9-14(15(25)23(2)8-7-17(19,20)21)26-16(13)24(22-10)12-5-3-11(18)4-6-12/h3-6,9H,7-8H2,1-2H3. The Morgan fingerprint density at radius 1 is 1.27 bits per heavy atom. The number of carbonyl (C=O) groups excluding carboxylic acids is 1. The number of fused-ring (bicyclic) bond motifs is 1. The van der Waals surface area contributed by atoms with Gasteiger partial charge in [0.1, 0.15) is 10.6 Å². The summed E-state index contributed by atoms with van der Waals surface area (Å²) >= 11 is 1.15. The van der Waals surface area contributed by atoms with Crippen LogP contribution in [0.1, 0.15) is 21.8 Å². The number of thiophene rings is 1. The van der Waals surface area contributed by atoms with E-state index in [0.717, 1.165) is 21.6 Å². The Balaban J connectivity index is 1.91. The monoisotopic (exact) mass is 385 g/mol. The van der Waals surface area contributed by atoms with Gasteiger partial charge >= 0.3 is 6.18 Å². The van der Waals surface area contributed by atoms with E-state index in [1.165, 1.54) is 19.2 Å². The van der Waals surface area contributed by atoms with Crippen LogP contribution in [0, 0.1) is 12.7 Å². The van der Waals surface area contributed by atoms with Crippen molar-refractivity contribution in [3.05, 3.63) is 46.7 Å². The van der Waals surface area contributed by atoms with E-state index in [1.54, 1.807) is 29.8 Å². The fraction of sp³-hybridized carbons (Fsp3) is 0.294. The molecule has 1 aromatic carbocycles. The fourth-order valence-electron chi connectivity index (χ4n) is 2.49. The van der Waals surface area contributed by atoms with Gasteiger partial charge in [-0.15, -0.1) is 11.3 Å². The van der Waals surface area contributed by atoms with Gasteiger partial charge in [-0.1, -0.05) is 0 Å². The lowest BCUT2D eigenvalue weighted by molar-refractivity contribution is -0.136. The van der Waals surface area contributed by atoms with Crippen LogP contribution in [0.4, 0.5) is 17.6 Å². The number of amides is 1. The molecule has 0 atom stereocenters. The molecule has 26 heavy (non-hydrogen) atoms. The molecule has 1 amide bonds. The van der Waals surface area contributed by atoms with Gasteiger partial charge in [-0.2, -0.15) is 18.3 Å². The van der Waals surface area contributed by atoms with Crippen molar-refractivity contribution in [1.29, 1.82) is 0 Å². The Morgan fingerprint density at radius 3 is 2.54 bits per heavy atom. The van der Waals surface area contributed by atoms with Crippen molar-refractivity contribution in [2.24, 2.45) is 0 Å². The zero-order chi connectivity index (χ0) is 19.1. The molecule has 9 heteroatoms. The van der Waals surface area contributed by atoms with Crippen molar-refractivity contribution in [3.8, 4) is 5.69 Å². The number of halogens is 4. The van der Waals surface area contributed by atoms with Gasteiger partial charge in [0.25, 0.3) is 5.91 Å². The molecule has 0 unspecified atom stereocenters. The van der Waals surface area contributed by atoms with Gasteiger partial charge in [0.15, 0.2) is 0 Å². The topological polar surface area (TPSA) is 38.1 Å². The van der Waals surface area contributed by atoms with Gasteiger partial charge in [-0.05, 0) is 37.3 Å². The van der Waals surface area contributed by atoms with Crippen molar-refractivity contribution in [2.45, 2.75) is 19.5 Å². The fourth-order valence-corrected chi connectivity index (χ4v) is 3.67. The van der Waals surface area contributed by atoms with Crippen LogP contribution in [0.5, 0.6) is 0 Å². The highest BCUT2D eigenvalue weighted by Crippen LogP contribution is 2.31. The highest BCUT2D eigenvalue weighted by molar-refractivity contribution is 7.20. The zero-order valence-electron chi connectivity index (χ0n) is 14.0. The molecule has 2 aromatic heterocycles. The van der Waals surface area contributed by atoms with Crippen molar-refractivity contribution in [3.63, 3.8) is 0 Å². The summed E-state index contributed by atoms with van der Waals surface area (Å²) in [4.78, 5) is 14.5. The van der Waals surface area contributed by atoms with E-state index < -0.39 is 25.0 Å². The van der Waals surface area contributed by atoms with E-state index in [1.807, 2.05) is 0 Å². The molecule has 0 aliphatic rings. The Bertz CT molecular complexity index is 943. The smallest absolute Gasteiger partial charge is 0.341 e. The summed E-state index contributed by atoms with van der Waals surface area (Å²) in [5, 5.41) is 5.14. The highest BCUT2D eigenvalue weighted by atomic mass is 32.1. The molecule has 0 saturated carbocycles. The van der Waals surface area contributed by atoms with Gasteiger partial charge in [0.2, 0.25) is 0 Å². The normalized spacial score (nSPS) is 11.9. The third-order valence-electron chi connectivity index (χ3n) is 3.90. The molecule has 138 valence electrons. The highest BCUT2D eigenvalue weighted by Gasteiger charge is 2.29. The minimum atomic E-state index is -4.31. The number of rotatable bonds is 4. The first-order chi connectivity index (χ1) is 12.2. The van der Waals surface area contributed by atoms with E-state index in [0.29, 0.717) is 21.1 Å². The van der Waals surface area contributed by atoms with Gasteiger partial charge < -0.3 is 4.90 Å². The van der Waals surface area contributed by atoms with Crippen LogP contribution >= 0.6 is 11.3 Å². The lowest BCUT2D eigenvalue weighted by Gasteiger charge is -2.17. The van der Waals surface area contributed by atoms with Crippen LogP contribution in [0.25, 0.3) is 15.9 Å². The summed E-state index contributed by atoms with van der Waals surface area (Å²) in [5.74, 6) is -0.845. The maximum absolute atomic E-state index is 13.1. The summed E-state index contributed by atoms with van der Waals surface area (Å²) in [7, 11) is 1.34. The number of carbonyl (C=O) groups is 1. The van der Waals surface area contributed by atoms with Crippen LogP contribution in [0.2, 0.25) is 0 Å².